The maximum absolute atomic E-state index is 12.8. The maximum atomic E-state index is 12.8. The number of piperidine rings is 1. The van der Waals surface area contributed by atoms with Gasteiger partial charge in [-0.3, -0.25) is 14.4 Å². The van der Waals surface area contributed by atoms with Gasteiger partial charge >= 0.3 is 0 Å². The number of likely N-dealkylation sites (tertiary alicyclic amines) is 1. The second kappa shape index (κ2) is 10.1. The molecule has 1 saturated heterocycles. The number of carbonyl (C=O) groups is 3. The van der Waals surface area contributed by atoms with Gasteiger partial charge in [-0.15, -0.1) is 0 Å². The van der Waals surface area contributed by atoms with E-state index in [-0.39, 0.29) is 36.6 Å². The Hall–Kier alpha value is -2.37. The summed E-state index contributed by atoms with van der Waals surface area (Å²) in [6.45, 7) is 7.17. The highest BCUT2D eigenvalue weighted by Gasteiger charge is 2.29. The van der Waals surface area contributed by atoms with Crippen molar-refractivity contribution in [2.24, 2.45) is 0 Å². The molecule has 0 bridgehead atoms. The van der Waals surface area contributed by atoms with E-state index in [0.29, 0.717) is 13.1 Å². The van der Waals surface area contributed by atoms with E-state index in [1.54, 1.807) is 0 Å². The Morgan fingerprint density at radius 3 is 2.56 bits per heavy atom. The molecule has 1 fully saturated rings. The molecule has 0 aliphatic carbocycles. The molecule has 6 nitrogen and oxygen atoms in total. The average molecular weight is 373 g/mol. The zero-order valence-electron chi connectivity index (χ0n) is 16.6. The van der Waals surface area contributed by atoms with Gasteiger partial charge in [0.15, 0.2) is 0 Å². The Kier molecular flexibility index (Phi) is 7.82. The zero-order chi connectivity index (χ0) is 19.8. The largest absolute Gasteiger partial charge is 0.355 e. The standard InChI is InChI=1S/C21H31N3O3/c1-15-7-6-8-18(16(15)2)19-9-4-5-14-24(19)21(27)11-10-20(26)23-13-12-22-17(3)25/h6-8,19H,4-5,9-14H2,1-3H3,(H,22,25)(H,23,26). The van der Waals surface area contributed by atoms with Crippen molar-refractivity contribution in [1.82, 2.24) is 15.5 Å². The first-order chi connectivity index (χ1) is 12.9. The SMILES string of the molecule is CC(=O)NCCNC(=O)CCC(=O)N1CCCCC1c1cccc(C)c1C. The summed E-state index contributed by atoms with van der Waals surface area (Å²) in [5.74, 6) is -0.242. The predicted molar refractivity (Wildman–Crippen MR) is 105 cm³/mol. The highest BCUT2D eigenvalue weighted by molar-refractivity contribution is 5.84. The molecule has 0 saturated carbocycles. The van der Waals surface area contributed by atoms with Gasteiger partial charge in [0.1, 0.15) is 0 Å². The molecule has 1 atom stereocenters. The van der Waals surface area contributed by atoms with Gasteiger partial charge in [0.05, 0.1) is 6.04 Å². The zero-order valence-corrected chi connectivity index (χ0v) is 16.6. The van der Waals surface area contributed by atoms with E-state index >= 15 is 0 Å². The van der Waals surface area contributed by atoms with E-state index in [9.17, 15) is 14.4 Å². The van der Waals surface area contributed by atoms with Gasteiger partial charge in [-0.25, -0.2) is 0 Å². The quantitative estimate of drug-likeness (QED) is 0.721. The van der Waals surface area contributed by atoms with Crippen molar-refractivity contribution in [1.29, 1.82) is 0 Å². The van der Waals surface area contributed by atoms with Crippen LogP contribution in [0.1, 0.15) is 61.8 Å². The third-order valence-electron chi connectivity index (χ3n) is 5.22. The summed E-state index contributed by atoms with van der Waals surface area (Å²) < 4.78 is 0. The molecule has 27 heavy (non-hydrogen) atoms. The van der Waals surface area contributed by atoms with E-state index in [1.165, 1.54) is 23.6 Å². The second-order valence-corrected chi connectivity index (χ2v) is 7.22. The fourth-order valence-corrected chi connectivity index (χ4v) is 3.58. The topological polar surface area (TPSA) is 78.5 Å². The molecular formula is C21H31N3O3. The second-order valence-electron chi connectivity index (χ2n) is 7.22. The number of hydrogen-bond acceptors (Lipinski definition) is 3. The normalized spacial score (nSPS) is 16.7. The summed E-state index contributed by atoms with van der Waals surface area (Å²) in [5, 5.41) is 5.35. The molecular weight excluding hydrogens is 342 g/mol. The van der Waals surface area contributed by atoms with Crippen LogP contribution in [0.2, 0.25) is 0 Å². The van der Waals surface area contributed by atoms with Crippen molar-refractivity contribution < 1.29 is 14.4 Å². The lowest BCUT2D eigenvalue weighted by Gasteiger charge is -2.37. The number of amides is 3. The molecule has 6 heteroatoms. The Morgan fingerprint density at radius 1 is 1.07 bits per heavy atom. The molecule has 1 unspecified atom stereocenters. The number of hydrogen-bond donors (Lipinski definition) is 2. The maximum Gasteiger partial charge on any atom is 0.223 e. The first-order valence-electron chi connectivity index (χ1n) is 9.77. The third-order valence-corrected chi connectivity index (χ3v) is 5.22. The van der Waals surface area contributed by atoms with Crippen molar-refractivity contribution in [3.05, 3.63) is 34.9 Å². The van der Waals surface area contributed by atoms with E-state index in [2.05, 4.69) is 42.7 Å². The highest BCUT2D eigenvalue weighted by Crippen LogP contribution is 2.34. The number of carbonyl (C=O) groups excluding carboxylic acids is 3. The molecule has 0 aromatic heterocycles. The minimum absolute atomic E-state index is 0.0395. The van der Waals surface area contributed by atoms with Crippen LogP contribution in [0.3, 0.4) is 0 Å². The van der Waals surface area contributed by atoms with E-state index in [4.69, 9.17) is 0 Å². The molecule has 2 N–H and O–H groups in total. The highest BCUT2D eigenvalue weighted by atomic mass is 16.2. The summed E-state index contributed by atoms with van der Waals surface area (Å²) >= 11 is 0. The van der Waals surface area contributed by atoms with Crippen LogP contribution < -0.4 is 10.6 Å². The third kappa shape index (κ3) is 6.08. The minimum Gasteiger partial charge on any atom is -0.355 e. The Balaban J connectivity index is 1.90. The minimum atomic E-state index is -0.158. The van der Waals surface area contributed by atoms with Crippen LogP contribution in [0.25, 0.3) is 0 Å². The lowest BCUT2D eigenvalue weighted by Crippen LogP contribution is -2.39. The Bertz CT molecular complexity index is 687. The molecule has 2 rings (SSSR count). The molecule has 1 aliphatic heterocycles. The van der Waals surface area contributed by atoms with Crippen LogP contribution >= 0.6 is 0 Å². The van der Waals surface area contributed by atoms with Crippen molar-refractivity contribution in [2.75, 3.05) is 19.6 Å². The number of benzene rings is 1. The van der Waals surface area contributed by atoms with Gasteiger partial charge in [-0.2, -0.15) is 0 Å². The van der Waals surface area contributed by atoms with Crippen molar-refractivity contribution in [2.45, 2.75) is 58.9 Å². The van der Waals surface area contributed by atoms with E-state index in [0.717, 1.165) is 25.8 Å². The molecule has 1 aromatic carbocycles. The van der Waals surface area contributed by atoms with Crippen LogP contribution in [0.15, 0.2) is 18.2 Å². The fourth-order valence-electron chi connectivity index (χ4n) is 3.58. The summed E-state index contributed by atoms with van der Waals surface area (Å²) in [6, 6.07) is 6.37. The lowest BCUT2D eigenvalue weighted by atomic mass is 9.90. The molecule has 1 heterocycles. The molecule has 1 aromatic rings. The molecule has 3 amide bonds. The van der Waals surface area contributed by atoms with Gasteiger partial charge in [0, 0.05) is 39.4 Å². The Morgan fingerprint density at radius 2 is 1.81 bits per heavy atom. The summed E-state index contributed by atoms with van der Waals surface area (Å²) in [7, 11) is 0. The first kappa shape index (κ1) is 20.9. The van der Waals surface area contributed by atoms with Crippen LogP contribution in [-0.2, 0) is 14.4 Å². The van der Waals surface area contributed by atoms with Crippen molar-refractivity contribution in [3.8, 4) is 0 Å². The summed E-state index contributed by atoms with van der Waals surface area (Å²) in [5.41, 5.74) is 3.71. The van der Waals surface area contributed by atoms with Gasteiger partial charge < -0.3 is 15.5 Å². The summed E-state index contributed by atoms with van der Waals surface area (Å²) in [4.78, 5) is 37.5. The molecule has 0 radical (unpaired) electrons. The smallest absolute Gasteiger partial charge is 0.223 e. The van der Waals surface area contributed by atoms with Gasteiger partial charge in [0.2, 0.25) is 17.7 Å². The van der Waals surface area contributed by atoms with Crippen LogP contribution in [-0.4, -0.2) is 42.3 Å². The molecule has 148 valence electrons. The van der Waals surface area contributed by atoms with E-state index in [1.807, 2.05) is 4.90 Å². The van der Waals surface area contributed by atoms with Crippen LogP contribution in [0.4, 0.5) is 0 Å². The van der Waals surface area contributed by atoms with Gasteiger partial charge in [-0.05, 0) is 49.8 Å². The Labute approximate surface area is 161 Å². The lowest BCUT2D eigenvalue weighted by molar-refractivity contribution is -0.137. The predicted octanol–water partition coefficient (Wildman–Crippen LogP) is 2.39. The van der Waals surface area contributed by atoms with Gasteiger partial charge in [0.25, 0.3) is 0 Å². The molecule has 1 aliphatic rings. The van der Waals surface area contributed by atoms with E-state index < -0.39 is 0 Å². The summed E-state index contributed by atoms with van der Waals surface area (Å²) in [6.07, 6.45) is 3.49. The van der Waals surface area contributed by atoms with Crippen molar-refractivity contribution >= 4 is 17.7 Å². The monoisotopic (exact) mass is 373 g/mol. The number of nitrogens with one attached hydrogen (secondary N) is 2. The first-order valence-corrected chi connectivity index (χ1v) is 9.77. The van der Waals surface area contributed by atoms with Crippen molar-refractivity contribution in [3.63, 3.8) is 0 Å². The number of rotatable bonds is 7. The number of nitrogens with zero attached hydrogens (tertiary/aromatic N) is 1. The van der Waals surface area contributed by atoms with Gasteiger partial charge in [-0.1, -0.05) is 18.2 Å². The van der Waals surface area contributed by atoms with Crippen LogP contribution in [0, 0.1) is 13.8 Å². The fraction of sp³-hybridized carbons (Fsp3) is 0.571. The molecule has 0 spiro atoms. The average Bonchev–Trinajstić information content (AvgIpc) is 2.65. The number of aryl methyl sites for hydroxylation is 1. The van der Waals surface area contributed by atoms with Crippen LogP contribution in [0.5, 0.6) is 0 Å².